The summed E-state index contributed by atoms with van der Waals surface area (Å²) in [5.74, 6) is -2.14. The van der Waals surface area contributed by atoms with Crippen LogP contribution in [0.15, 0.2) is 11.8 Å². The minimum Gasteiger partial charge on any atom is -0.471 e. The molecule has 10 nitrogen and oxygen atoms in total. The van der Waals surface area contributed by atoms with Gasteiger partial charge in [-0.25, -0.2) is 4.79 Å². The standard InChI is InChI=1S/C16H22O10/c1-6(18)10-7-2-3-23-14(22)8(7)5-24-15(10)26-16-13(21)12(20)11(19)9(4-17)25-16/h5,7,9-13,15-17,19-21H,2-4H2,1H3/t7?,9-,10?,11-,12+,13-,15+,16+/m1/s1. The van der Waals surface area contributed by atoms with Gasteiger partial charge >= 0.3 is 5.97 Å². The Hall–Kier alpha value is -1.56. The summed E-state index contributed by atoms with van der Waals surface area (Å²) < 4.78 is 21.2. The third-order valence-electron chi connectivity index (χ3n) is 4.94. The Balaban J connectivity index is 1.79. The van der Waals surface area contributed by atoms with E-state index in [2.05, 4.69) is 0 Å². The maximum Gasteiger partial charge on any atom is 0.337 e. The number of aliphatic hydroxyl groups excluding tert-OH is 4. The lowest BCUT2D eigenvalue weighted by molar-refractivity contribution is -0.339. The molecule has 3 heterocycles. The minimum absolute atomic E-state index is 0.164. The van der Waals surface area contributed by atoms with Crippen LogP contribution in [-0.4, -0.2) is 82.4 Å². The molecule has 10 heteroatoms. The monoisotopic (exact) mass is 374 g/mol. The van der Waals surface area contributed by atoms with E-state index in [1.54, 1.807) is 0 Å². The number of ether oxygens (including phenoxy) is 4. The molecule has 0 aliphatic carbocycles. The second-order valence-electron chi connectivity index (χ2n) is 6.58. The maximum atomic E-state index is 12.2. The Labute approximate surface area is 148 Å². The molecule has 0 spiro atoms. The molecule has 0 aromatic carbocycles. The first-order valence-corrected chi connectivity index (χ1v) is 8.34. The largest absolute Gasteiger partial charge is 0.471 e. The van der Waals surface area contributed by atoms with Crippen LogP contribution in [0.5, 0.6) is 0 Å². The number of aliphatic hydroxyl groups is 4. The third kappa shape index (κ3) is 3.36. The van der Waals surface area contributed by atoms with Gasteiger partial charge in [-0.1, -0.05) is 0 Å². The highest BCUT2D eigenvalue weighted by Crippen LogP contribution is 2.38. The van der Waals surface area contributed by atoms with Gasteiger partial charge in [0, 0.05) is 5.92 Å². The van der Waals surface area contributed by atoms with Gasteiger partial charge in [0.2, 0.25) is 6.29 Å². The molecule has 3 aliphatic heterocycles. The normalized spacial score (nSPS) is 43.0. The fourth-order valence-electron chi connectivity index (χ4n) is 3.50. The molecule has 0 bridgehead atoms. The molecule has 146 valence electrons. The molecule has 4 N–H and O–H groups in total. The predicted octanol–water partition coefficient (Wildman–Crippen LogP) is -2.19. The highest BCUT2D eigenvalue weighted by molar-refractivity contribution is 5.91. The molecule has 2 unspecified atom stereocenters. The van der Waals surface area contributed by atoms with E-state index in [4.69, 9.17) is 18.9 Å². The summed E-state index contributed by atoms with van der Waals surface area (Å²) in [5, 5.41) is 39.0. The van der Waals surface area contributed by atoms with E-state index in [1.165, 1.54) is 13.2 Å². The number of esters is 1. The van der Waals surface area contributed by atoms with Crippen LogP contribution in [-0.2, 0) is 28.5 Å². The van der Waals surface area contributed by atoms with Crippen LogP contribution >= 0.6 is 0 Å². The molecular formula is C16H22O10. The number of carbonyl (C=O) groups excluding carboxylic acids is 2. The zero-order valence-electron chi connectivity index (χ0n) is 14.1. The van der Waals surface area contributed by atoms with Gasteiger partial charge in [-0.3, -0.25) is 4.79 Å². The Kier molecular flexibility index (Phi) is 5.61. The first-order valence-electron chi connectivity index (χ1n) is 8.34. The molecular weight excluding hydrogens is 352 g/mol. The average molecular weight is 374 g/mol. The summed E-state index contributed by atoms with van der Waals surface area (Å²) in [6, 6.07) is 0. The molecule has 2 fully saturated rings. The van der Waals surface area contributed by atoms with Crippen LogP contribution in [0.1, 0.15) is 13.3 Å². The number of hydrogen-bond acceptors (Lipinski definition) is 10. The van der Waals surface area contributed by atoms with Crippen LogP contribution in [0.4, 0.5) is 0 Å². The van der Waals surface area contributed by atoms with Crippen molar-refractivity contribution < 1.29 is 49.0 Å². The van der Waals surface area contributed by atoms with Crippen molar-refractivity contribution in [1.29, 1.82) is 0 Å². The van der Waals surface area contributed by atoms with E-state index in [0.717, 1.165) is 0 Å². The highest BCUT2D eigenvalue weighted by atomic mass is 16.8. The summed E-state index contributed by atoms with van der Waals surface area (Å²) in [4.78, 5) is 24.0. The first-order chi connectivity index (χ1) is 12.3. The molecule has 26 heavy (non-hydrogen) atoms. The van der Waals surface area contributed by atoms with Crippen LogP contribution in [0.25, 0.3) is 0 Å². The quantitative estimate of drug-likeness (QED) is 0.399. The van der Waals surface area contributed by atoms with E-state index < -0.39 is 61.4 Å². The van der Waals surface area contributed by atoms with Crippen LogP contribution in [0.2, 0.25) is 0 Å². The molecule has 3 aliphatic rings. The predicted molar refractivity (Wildman–Crippen MR) is 81.0 cm³/mol. The minimum atomic E-state index is -1.62. The lowest BCUT2D eigenvalue weighted by Crippen LogP contribution is -2.60. The summed E-state index contributed by atoms with van der Waals surface area (Å²) in [5.41, 5.74) is 0.241. The number of rotatable bonds is 4. The van der Waals surface area contributed by atoms with Gasteiger partial charge in [0.05, 0.1) is 31.0 Å². The van der Waals surface area contributed by atoms with Crippen molar-refractivity contribution in [3.8, 4) is 0 Å². The highest BCUT2D eigenvalue weighted by Gasteiger charge is 2.49. The number of cyclic esters (lactones) is 1. The number of ketones is 1. The van der Waals surface area contributed by atoms with Crippen molar-refractivity contribution in [1.82, 2.24) is 0 Å². The number of fused-ring (bicyclic) bond motifs is 1. The number of carbonyl (C=O) groups is 2. The fraction of sp³-hybridized carbons (Fsp3) is 0.750. The molecule has 0 aromatic rings. The van der Waals surface area contributed by atoms with Gasteiger partial charge in [0.1, 0.15) is 30.2 Å². The second-order valence-corrected chi connectivity index (χ2v) is 6.58. The van der Waals surface area contributed by atoms with Gasteiger partial charge in [-0.2, -0.15) is 0 Å². The van der Waals surface area contributed by atoms with Crippen molar-refractivity contribution >= 4 is 11.8 Å². The van der Waals surface area contributed by atoms with Crippen molar-refractivity contribution in [2.24, 2.45) is 11.8 Å². The summed E-state index contributed by atoms with van der Waals surface area (Å²) >= 11 is 0. The SMILES string of the molecule is CC(=O)C1C2CCOC(=O)C2=CO[C@H]1O[C@@H]1O[C@H](CO)[C@@H](O)[C@H](O)[C@H]1O. The summed E-state index contributed by atoms with van der Waals surface area (Å²) in [7, 11) is 0. The van der Waals surface area contributed by atoms with E-state index >= 15 is 0 Å². The van der Waals surface area contributed by atoms with Gasteiger partial charge in [0.15, 0.2) is 6.29 Å². The van der Waals surface area contributed by atoms with Crippen molar-refractivity contribution in [2.75, 3.05) is 13.2 Å². The van der Waals surface area contributed by atoms with Crippen LogP contribution in [0.3, 0.4) is 0 Å². The number of Topliss-reactive ketones (excluding diaryl/α,β-unsaturated/α-hetero) is 1. The molecule has 3 rings (SSSR count). The van der Waals surface area contributed by atoms with Gasteiger partial charge in [-0.05, 0) is 13.3 Å². The molecule has 0 radical (unpaired) electrons. The van der Waals surface area contributed by atoms with Gasteiger partial charge in [0.25, 0.3) is 0 Å². The molecule has 2 saturated heterocycles. The van der Waals surface area contributed by atoms with Crippen molar-refractivity contribution in [2.45, 2.75) is 50.3 Å². The molecule has 0 saturated carbocycles. The van der Waals surface area contributed by atoms with Crippen molar-refractivity contribution in [3.63, 3.8) is 0 Å². The Morgan fingerprint density at radius 1 is 1.23 bits per heavy atom. The van der Waals surface area contributed by atoms with E-state index in [0.29, 0.717) is 6.42 Å². The lowest BCUT2D eigenvalue weighted by atomic mass is 9.78. The molecule has 0 aromatic heterocycles. The van der Waals surface area contributed by atoms with Gasteiger partial charge in [-0.15, -0.1) is 0 Å². The average Bonchev–Trinajstić information content (AvgIpc) is 2.61. The fourth-order valence-corrected chi connectivity index (χ4v) is 3.50. The Morgan fingerprint density at radius 2 is 1.96 bits per heavy atom. The van der Waals surface area contributed by atoms with E-state index in [1.807, 2.05) is 0 Å². The lowest BCUT2D eigenvalue weighted by Gasteiger charge is -2.43. The first kappa shape index (κ1) is 19.2. The zero-order valence-corrected chi connectivity index (χ0v) is 14.1. The van der Waals surface area contributed by atoms with Crippen molar-refractivity contribution in [3.05, 3.63) is 11.8 Å². The molecule has 0 amide bonds. The second kappa shape index (κ2) is 7.59. The van der Waals surface area contributed by atoms with Crippen LogP contribution in [0, 0.1) is 11.8 Å². The topological polar surface area (TPSA) is 152 Å². The summed E-state index contributed by atoms with van der Waals surface area (Å²) in [6.45, 7) is 0.892. The zero-order chi connectivity index (χ0) is 19.0. The van der Waals surface area contributed by atoms with Gasteiger partial charge < -0.3 is 39.4 Å². The maximum absolute atomic E-state index is 12.2. The summed E-state index contributed by atoms with van der Waals surface area (Å²) in [6.07, 6.45) is -6.93. The van der Waals surface area contributed by atoms with E-state index in [9.17, 15) is 30.0 Å². The number of hydrogen-bond donors (Lipinski definition) is 4. The Morgan fingerprint density at radius 3 is 2.62 bits per heavy atom. The third-order valence-corrected chi connectivity index (χ3v) is 4.94. The smallest absolute Gasteiger partial charge is 0.337 e. The van der Waals surface area contributed by atoms with E-state index in [-0.39, 0.29) is 18.0 Å². The molecule has 8 atom stereocenters. The Bertz CT molecular complexity index is 588. The van der Waals surface area contributed by atoms with Crippen LogP contribution < -0.4 is 0 Å².